The van der Waals surface area contributed by atoms with Crippen LogP contribution in [0.25, 0.3) is 5.52 Å². The normalized spacial score (nSPS) is 11.3. The fourth-order valence-electron chi connectivity index (χ4n) is 2.02. The van der Waals surface area contributed by atoms with Gasteiger partial charge in [0.15, 0.2) is 0 Å². The molecule has 2 amide bonds. The molecule has 2 heterocycles. The fraction of sp³-hybridized carbons (Fsp3) is 0.438. The number of methoxy groups -OCH3 is 1. The summed E-state index contributed by atoms with van der Waals surface area (Å²) in [4.78, 5) is 24.0. The third kappa shape index (κ3) is 4.69. The highest BCUT2D eigenvalue weighted by atomic mass is 16.6. The Morgan fingerprint density at radius 3 is 2.75 bits per heavy atom. The largest absolute Gasteiger partial charge is 0.444 e. The molecule has 0 saturated heterocycles. The SMILES string of the molecule is COCCNC(=O)c1cnn2ccc(NC(=O)OC(C)(C)C)cc12. The van der Waals surface area contributed by atoms with Crippen LogP contribution in [0, 0.1) is 0 Å². The van der Waals surface area contributed by atoms with Gasteiger partial charge in [-0.05, 0) is 32.9 Å². The molecule has 0 radical (unpaired) electrons. The van der Waals surface area contributed by atoms with Crippen molar-refractivity contribution in [2.24, 2.45) is 0 Å². The minimum Gasteiger partial charge on any atom is -0.444 e. The summed E-state index contributed by atoms with van der Waals surface area (Å²) in [5.74, 6) is -0.253. The van der Waals surface area contributed by atoms with E-state index in [2.05, 4.69) is 15.7 Å². The minimum absolute atomic E-state index is 0.253. The van der Waals surface area contributed by atoms with E-state index < -0.39 is 11.7 Å². The molecule has 0 bridgehead atoms. The Morgan fingerprint density at radius 2 is 2.08 bits per heavy atom. The molecule has 130 valence electrons. The summed E-state index contributed by atoms with van der Waals surface area (Å²) in [6, 6.07) is 3.35. The molecule has 8 heteroatoms. The highest BCUT2D eigenvalue weighted by molar-refractivity contribution is 6.01. The van der Waals surface area contributed by atoms with Crippen LogP contribution in [0.15, 0.2) is 24.5 Å². The molecule has 2 aromatic rings. The molecule has 0 aliphatic rings. The van der Waals surface area contributed by atoms with Gasteiger partial charge in [-0.1, -0.05) is 0 Å². The lowest BCUT2D eigenvalue weighted by Gasteiger charge is -2.19. The molecule has 2 N–H and O–H groups in total. The van der Waals surface area contributed by atoms with Crippen LogP contribution in [-0.2, 0) is 9.47 Å². The van der Waals surface area contributed by atoms with E-state index in [0.717, 1.165) is 0 Å². The van der Waals surface area contributed by atoms with E-state index in [1.807, 2.05) is 0 Å². The van der Waals surface area contributed by atoms with Crippen molar-refractivity contribution < 1.29 is 19.1 Å². The number of carbonyl (C=O) groups is 2. The highest BCUT2D eigenvalue weighted by Crippen LogP contribution is 2.17. The van der Waals surface area contributed by atoms with Gasteiger partial charge in [0.2, 0.25) is 0 Å². The lowest BCUT2D eigenvalue weighted by Crippen LogP contribution is -2.27. The van der Waals surface area contributed by atoms with Gasteiger partial charge in [0.1, 0.15) is 5.60 Å². The second-order valence-corrected chi connectivity index (χ2v) is 6.18. The number of carbonyl (C=O) groups excluding carboxylic acids is 2. The number of ether oxygens (including phenoxy) is 2. The number of rotatable bonds is 5. The van der Waals surface area contributed by atoms with Crippen molar-refractivity contribution in [1.82, 2.24) is 14.9 Å². The lowest BCUT2D eigenvalue weighted by atomic mass is 10.2. The zero-order chi connectivity index (χ0) is 17.7. The Hall–Kier alpha value is -2.61. The second-order valence-electron chi connectivity index (χ2n) is 6.18. The Morgan fingerprint density at radius 1 is 1.33 bits per heavy atom. The third-order valence-electron chi connectivity index (χ3n) is 3.00. The van der Waals surface area contributed by atoms with Crippen molar-refractivity contribution in [2.45, 2.75) is 26.4 Å². The van der Waals surface area contributed by atoms with Crippen molar-refractivity contribution in [3.05, 3.63) is 30.1 Å². The molecule has 0 atom stereocenters. The number of nitrogens with zero attached hydrogens (tertiary/aromatic N) is 2. The molecule has 8 nitrogen and oxygen atoms in total. The standard InChI is InChI=1S/C16H22N4O4/c1-16(2,3)24-15(22)19-11-5-7-20-13(9-11)12(10-18-20)14(21)17-6-8-23-4/h5,7,9-10H,6,8H2,1-4H3,(H,17,21)(H,19,22). The molecule has 0 aliphatic heterocycles. The van der Waals surface area contributed by atoms with Gasteiger partial charge in [-0.2, -0.15) is 5.10 Å². The van der Waals surface area contributed by atoms with Crippen LogP contribution >= 0.6 is 0 Å². The number of hydrogen-bond donors (Lipinski definition) is 2. The Bertz CT molecular complexity index is 733. The van der Waals surface area contributed by atoms with Gasteiger partial charge in [-0.3, -0.25) is 10.1 Å². The third-order valence-corrected chi connectivity index (χ3v) is 3.00. The Balaban J connectivity index is 2.16. The molecule has 24 heavy (non-hydrogen) atoms. The zero-order valence-corrected chi connectivity index (χ0v) is 14.3. The van der Waals surface area contributed by atoms with Crippen LogP contribution in [0.1, 0.15) is 31.1 Å². The average molecular weight is 334 g/mol. The van der Waals surface area contributed by atoms with Gasteiger partial charge in [0, 0.05) is 25.5 Å². The van der Waals surface area contributed by atoms with Crippen LogP contribution in [0.2, 0.25) is 0 Å². The Labute approximate surface area is 140 Å². The van der Waals surface area contributed by atoms with Crippen molar-refractivity contribution in [2.75, 3.05) is 25.6 Å². The second kappa shape index (κ2) is 7.31. The molecule has 2 rings (SSSR count). The summed E-state index contributed by atoms with van der Waals surface area (Å²) >= 11 is 0. The predicted octanol–water partition coefficient (Wildman–Crippen LogP) is 2.06. The van der Waals surface area contributed by atoms with Crippen molar-refractivity contribution in [3.8, 4) is 0 Å². The first-order valence-corrected chi connectivity index (χ1v) is 7.55. The minimum atomic E-state index is -0.586. The summed E-state index contributed by atoms with van der Waals surface area (Å²) in [6.07, 6.45) is 2.58. The van der Waals surface area contributed by atoms with E-state index in [-0.39, 0.29) is 5.91 Å². The zero-order valence-electron chi connectivity index (χ0n) is 14.3. The first-order chi connectivity index (χ1) is 11.3. The molecule has 0 saturated carbocycles. The van der Waals surface area contributed by atoms with E-state index in [0.29, 0.717) is 29.9 Å². The van der Waals surface area contributed by atoms with Crippen LogP contribution in [-0.4, -0.2) is 47.5 Å². The molecule has 2 aromatic heterocycles. The molecule has 0 unspecified atom stereocenters. The van der Waals surface area contributed by atoms with Gasteiger partial charge in [-0.25, -0.2) is 9.31 Å². The van der Waals surface area contributed by atoms with Gasteiger partial charge < -0.3 is 14.8 Å². The van der Waals surface area contributed by atoms with Crippen LogP contribution < -0.4 is 10.6 Å². The van der Waals surface area contributed by atoms with E-state index in [1.165, 1.54) is 6.20 Å². The first kappa shape index (κ1) is 17.7. The maximum absolute atomic E-state index is 12.2. The van der Waals surface area contributed by atoms with Crippen LogP contribution in [0.5, 0.6) is 0 Å². The number of pyridine rings is 1. The van der Waals surface area contributed by atoms with E-state index >= 15 is 0 Å². The number of amides is 2. The maximum Gasteiger partial charge on any atom is 0.412 e. The lowest BCUT2D eigenvalue weighted by molar-refractivity contribution is 0.0635. The van der Waals surface area contributed by atoms with Crippen LogP contribution in [0.4, 0.5) is 10.5 Å². The first-order valence-electron chi connectivity index (χ1n) is 7.55. The maximum atomic E-state index is 12.2. The monoisotopic (exact) mass is 334 g/mol. The average Bonchev–Trinajstić information content (AvgIpc) is 2.88. The smallest absolute Gasteiger partial charge is 0.412 e. The van der Waals surface area contributed by atoms with Gasteiger partial charge in [0.25, 0.3) is 5.91 Å². The summed E-state index contributed by atoms with van der Waals surface area (Å²) in [7, 11) is 1.57. The molecular weight excluding hydrogens is 312 g/mol. The summed E-state index contributed by atoms with van der Waals surface area (Å²) in [6.45, 7) is 6.19. The Kier molecular flexibility index (Phi) is 5.40. The predicted molar refractivity (Wildman–Crippen MR) is 89.3 cm³/mol. The van der Waals surface area contributed by atoms with Gasteiger partial charge >= 0.3 is 6.09 Å². The summed E-state index contributed by atoms with van der Waals surface area (Å²) in [5.41, 5.74) is 0.928. The fourth-order valence-corrected chi connectivity index (χ4v) is 2.02. The summed E-state index contributed by atoms with van der Waals surface area (Å²) < 4.78 is 11.7. The topological polar surface area (TPSA) is 94.0 Å². The molecule has 0 spiro atoms. The quantitative estimate of drug-likeness (QED) is 0.816. The van der Waals surface area contributed by atoms with Crippen molar-refractivity contribution >= 4 is 23.2 Å². The van der Waals surface area contributed by atoms with E-state index in [1.54, 1.807) is 50.7 Å². The number of hydrogen-bond acceptors (Lipinski definition) is 5. The molecule has 0 aliphatic carbocycles. The number of aromatic nitrogens is 2. The number of nitrogens with one attached hydrogen (secondary N) is 2. The highest BCUT2D eigenvalue weighted by Gasteiger charge is 2.17. The van der Waals surface area contributed by atoms with Gasteiger partial charge in [0.05, 0.1) is 23.9 Å². The van der Waals surface area contributed by atoms with Crippen molar-refractivity contribution in [1.29, 1.82) is 0 Å². The number of fused-ring (bicyclic) bond motifs is 1. The van der Waals surface area contributed by atoms with Gasteiger partial charge in [-0.15, -0.1) is 0 Å². The summed E-state index contributed by atoms with van der Waals surface area (Å²) in [5, 5.41) is 9.51. The van der Waals surface area contributed by atoms with E-state index in [4.69, 9.17) is 9.47 Å². The molecular formula is C16H22N4O4. The molecule has 0 aromatic carbocycles. The van der Waals surface area contributed by atoms with E-state index in [9.17, 15) is 9.59 Å². The van der Waals surface area contributed by atoms with Crippen molar-refractivity contribution in [3.63, 3.8) is 0 Å². The molecule has 0 fully saturated rings. The number of anilines is 1. The van der Waals surface area contributed by atoms with Crippen LogP contribution in [0.3, 0.4) is 0 Å².